The molecule has 30 heavy (non-hydrogen) atoms. The van der Waals surface area contributed by atoms with Gasteiger partial charge in [-0.25, -0.2) is 4.98 Å². The Hall–Kier alpha value is -3.46. The van der Waals surface area contributed by atoms with Gasteiger partial charge in [-0.2, -0.15) is 0 Å². The number of carbonyl (C=O) groups excluding carboxylic acids is 1. The first-order valence-electron chi connectivity index (χ1n) is 9.78. The first kappa shape index (κ1) is 21.3. The van der Waals surface area contributed by atoms with Crippen molar-refractivity contribution in [2.75, 3.05) is 34.4 Å². The van der Waals surface area contributed by atoms with E-state index in [0.717, 1.165) is 24.2 Å². The van der Waals surface area contributed by atoms with Crippen LogP contribution in [0.1, 0.15) is 34.6 Å². The zero-order valence-corrected chi connectivity index (χ0v) is 17.8. The fourth-order valence-corrected chi connectivity index (χ4v) is 3.35. The number of allylic oxidation sites excluding steroid dienone is 1. The number of amides is 1. The van der Waals surface area contributed by atoms with E-state index in [1.54, 1.807) is 12.1 Å². The molecule has 3 rings (SSSR count). The second kappa shape index (κ2) is 9.84. The Morgan fingerprint density at radius 2 is 1.73 bits per heavy atom. The topological polar surface area (TPSA) is 60.9 Å². The molecular weight excluding hydrogens is 380 g/mol. The van der Waals surface area contributed by atoms with Crippen LogP contribution in [0.2, 0.25) is 0 Å². The number of hydrogen-bond acceptors (Lipinski definition) is 5. The Balaban J connectivity index is 1.67. The van der Waals surface area contributed by atoms with Crippen LogP contribution in [0.4, 0.5) is 0 Å². The molecule has 0 saturated carbocycles. The van der Waals surface area contributed by atoms with Crippen molar-refractivity contribution >= 4 is 5.91 Å². The second-order valence-electron chi connectivity index (χ2n) is 6.94. The highest BCUT2D eigenvalue weighted by Gasteiger charge is 2.23. The lowest BCUT2D eigenvalue weighted by Crippen LogP contribution is -2.36. The molecule has 0 N–H and O–H groups in total. The van der Waals surface area contributed by atoms with Crippen molar-refractivity contribution in [3.05, 3.63) is 58.9 Å². The standard InChI is InChI=1S/C24H26N2O4/c1-17-7-5-9-20(25-17)10-6-8-18-11-13-26(14-12-18)24(27)19-15-21(28-2)23(30-4)22(16-19)29-3/h5,7-9,15-16H,11-14H2,1-4H3. The monoisotopic (exact) mass is 406 g/mol. The minimum absolute atomic E-state index is 0.0525. The summed E-state index contributed by atoms with van der Waals surface area (Å²) in [4.78, 5) is 19.2. The van der Waals surface area contributed by atoms with Crippen molar-refractivity contribution in [1.82, 2.24) is 9.88 Å². The number of aryl methyl sites for hydroxylation is 1. The predicted octanol–water partition coefficient (Wildman–Crippen LogP) is 3.63. The molecule has 2 heterocycles. The number of hydrogen-bond donors (Lipinski definition) is 0. The van der Waals surface area contributed by atoms with E-state index in [1.807, 2.05) is 36.1 Å². The van der Waals surface area contributed by atoms with Crippen molar-refractivity contribution in [2.24, 2.45) is 0 Å². The summed E-state index contributed by atoms with van der Waals surface area (Å²) >= 11 is 0. The Morgan fingerprint density at radius 1 is 1.07 bits per heavy atom. The quantitative estimate of drug-likeness (QED) is 0.726. The summed E-state index contributed by atoms with van der Waals surface area (Å²) in [5.74, 6) is 7.53. The van der Waals surface area contributed by atoms with Crippen LogP contribution in [0, 0.1) is 18.8 Å². The third-order valence-electron chi connectivity index (χ3n) is 4.97. The summed E-state index contributed by atoms with van der Waals surface area (Å²) in [5, 5.41) is 0. The number of pyridine rings is 1. The van der Waals surface area contributed by atoms with Gasteiger partial charge < -0.3 is 19.1 Å². The summed E-state index contributed by atoms with van der Waals surface area (Å²) < 4.78 is 16.0. The van der Waals surface area contributed by atoms with Gasteiger partial charge in [0.05, 0.1) is 21.3 Å². The number of rotatable bonds is 4. The van der Waals surface area contributed by atoms with Crippen molar-refractivity contribution in [1.29, 1.82) is 0 Å². The van der Waals surface area contributed by atoms with Gasteiger partial charge in [-0.3, -0.25) is 4.79 Å². The number of ether oxygens (including phenoxy) is 3. The molecule has 156 valence electrons. The van der Waals surface area contributed by atoms with E-state index in [-0.39, 0.29) is 5.91 Å². The highest BCUT2D eigenvalue weighted by molar-refractivity contribution is 5.95. The van der Waals surface area contributed by atoms with Crippen LogP contribution in [0.15, 0.2) is 42.0 Å². The Kier molecular flexibility index (Phi) is 6.97. The predicted molar refractivity (Wildman–Crippen MR) is 115 cm³/mol. The number of likely N-dealkylation sites (tertiary alicyclic amines) is 1. The van der Waals surface area contributed by atoms with Crippen LogP contribution < -0.4 is 14.2 Å². The van der Waals surface area contributed by atoms with Crippen molar-refractivity contribution < 1.29 is 19.0 Å². The van der Waals surface area contributed by atoms with Gasteiger partial charge in [-0.05, 0) is 56.0 Å². The minimum atomic E-state index is -0.0525. The van der Waals surface area contributed by atoms with Crippen LogP contribution >= 0.6 is 0 Å². The van der Waals surface area contributed by atoms with Gasteiger partial charge in [0.1, 0.15) is 5.69 Å². The van der Waals surface area contributed by atoms with E-state index in [9.17, 15) is 4.79 Å². The van der Waals surface area contributed by atoms with Crippen molar-refractivity contribution in [2.45, 2.75) is 19.8 Å². The lowest BCUT2D eigenvalue weighted by molar-refractivity contribution is 0.0742. The van der Waals surface area contributed by atoms with Crippen LogP contribution in [-0.4, -0.2) is 50.2 Å². The summed E-state index contributed by atoms with van der Waals surface area (Å²) in [6.45, 7) is 3.24. The third-order valence-corrected chi connectivity index (χ3v) is 4.97. The molecule has 6 nitrogen and oxygen atoms in total. The number of nitrogens with zero attached hydrogens (tertiary/aromatic N) is 2. The number of benzene rings is 1. The fraction of sp³-hybridized carbons (Fsp3) is 0.333. The third kappa shape index (κ3) is 4.93. The first-order chi connectivity index (χ1) is 14.5. The Bertz CT molecular complexity index is 982. The van der Waals surface area contributed by atoms with Gasteiger partial charge in [0.25, 0.3) is 5.91 Å². The zero-order chi connectivity index (χ0) is 21.5. The fourth-order valence-electron chi connectivity index (χ4n) is 3.35. The molecule has 1 amide bonds. The van der Waals surface area contributed by atoms with E-state index in [4.69, 9.17) is 14.2 Å². The molecule has 1 aliphatic heterocycles. The lowest BCUT2D eigenvalue weighted by atomic mass is 10.0. The second-order valence-corrected chi connectivity index (χ2v) is 6.94. The van der Waals surface area contributed by atoms with Crippen LogP contribution in [0.3, 0.4) is 0 Å². The Morgan fingerprint density at radius 3 is 2.30 bits per heavy atom. The maximum atomic E-state index is 13.0. The summed E-state index contributed by atoms with van der Waals surface area (Å²) in [7, 11) is 4.62. The van der Waals surface area contributed by atoms with Gasteiger partial charge in [0.15, 0.2) is 11.5 Å². The van der Waals surface area contributed by atoms with Gasteiger partial charge in [-0.1, -0.05) is 17.6 Å². The largest absolute Gasteiger partial charge is 0.493 e. The summed E-state index contributed by atoms with van der Waals surface area (Å²) in [6, 6.07) is 9.18. The molecule has 0 atom stereocenters. The number of piperidine rings is 1. The molecule has 1 fully saturated rings. The molecule has 1 aliphatic rings. The molecule has 0 bridgehead atoms. The maximum Gasteiger partial charge on any atom is 0.254 e. The molecular formula is C24H26N2O4. The van der Waals surface area contributed by atoms with E-state index in [2.05, 4.69) is 16.8 Å². The van der Waals surface area contributed by atoms with Crippen molar-refractivity contribution in [3.8, 4) is 29.1 Å². The van der Waals surface area contributed by atoms with E-state index in [0.29, 0.717) is 35.9 Å². The van der Waals surface area contributed by atoms with Gasteiger partial charge in [-0.15, -0.1) is 0 Å². The first-order valence-corrected chi connectivity index (χ1v) is 9.78. The van der Waals surface area contributed by atoms with Gasteiger partial charge in [0.2, 0.25) is 5.75 Å². The number of aromatic nitrogens is 1. The van der Waals surface area contributed by atoms with Crippen molar-refractivity contribution in [3.63, 3.8) is 0 Å². The summed E-state index contributed by atoms with van der Waals surface area (Å²) in [6.07, 6.45) is 3.55. The Labute approximate surface area is 177 Å². The molecule has 1 aromatic carbocycles. The summed E-state index contributed by atoms with van der Waals surface area (Å²) in [5.41, 5.74) is 3.47. The van der Waals surface area contributed by atoms with E-state index >= 15 is 0 Å². The molecule has 2 aromatic rings. The average Bonchev–Trinajstić information content (AvgIpc) is 2.78. The maximum absolute atomic E-state index is 13.0. The number of carbonyl (C=O) groups is 1. The SMILES string of the molecule is COc1cc(C(=O)N2CCC(=CC#Cc3cccc(C)n3)CC2)cc(OC)c1OC. The van der Waals surface area contributed by atoms with Gasteiger partial charge >= 0.3 is 0 Å². The average molecular weight is 406 g/mol. The van der Waals surface area contributed by atoms with E-state index in [1.165, 1.54) is 26.9 Å². The smallest absolute Gasteiger partial charge is 0.254 e. The minimum Gasteiger partial charge on any atom is -0.493 e. The van der Waals surface area contributed by atoms with Crippen LogP contribution in [0.25, 0.3) is 0 Å². The highest BCUT2D eigenvalue weighted by Crippen LogP contribution is 2.38. The molecule has 1 saturated heterocycles. The van der Waals surface area contributed by atoms with Crippen LogP contribution in [0.5, 0.6) is 17.2 Å². The molecule has 1 aromatic heterocycles. The number of methoxy groups -OCH3 is 3. The molecule has 6 heteroatoms. The molecule has 0 unspecified atom stereocenters. The highest BCUT2D eigenvalue weighted by atomic mass is 16.5. The zero-order valence-electron chi connectivity index (χ0n) is 17.8. The molecule has 0 radical (unpaired) electrons. The molecule has 0 aliphatic carbocycles. The van der Waals surface area contributed by atoms with Gasteiger partial charge in [0, 0.05) is 24.3 Å². The lowest BCUT2D eigenvalue weighted by Gasteiger charge is -2.28. The van der Waals surface area contributed by atoms with Crippen LogP contribution in [-0.2, 0) is 0 Å². The normalized spacial score (nSPS) is 13.2. The molecule has 0 spiro atoms. The van der Waals surface area contributed by atoms with E-state index < -0.39 is 0 Å².